The fourth-order valence-corrected chi connectivity index (χ4v) is 2.37. The zero-order chi connectivity index (χ0) is 11.1. The van der Waals surface area contributed by atoms with E-state index in [0.717, 1.165) is 21.9 Å². The van der Waals surface area contributed by atoms with Crippen molar-refractivity contribution in [3.05, 3.63) is 24.0 Å². The highest BCUT2D eigenvalue weighted by Crippen LogP contribution is 2.29. The van der Waals surface area contributed by atoms with Crippen LogP contribution in [-0.4, -0.2) is 19.9 Å². The van der Waals surface area contributed by atoms with Crippen molar-refractivity contribution < 1.29 is 0 Å². The van der Waals surface area contributed by atoms with Crippen LogP contribution in [0.5, 0.6) is 0 Å². The lowest BCUT2D eigenvalue weighted by Crippen LogP contribution is -1.81. The third-order valence-corrected chi connectivity index (χ3v) is 3.28. The summed E-state index contributed by atoms with van der Waals surface area (Å²) in [7, 11) is 0. The van der Waals surface area contributed by atoms with Gasteiger partial charge in [-0.05, 0) is 19.1 Å². The zero-order valence-corrected chi connectivity index (χ0v) is 9.38. The number of H-pyrrole nitrogens is 1. The Morgan fingerprint density at radius 2 is 2.25 bits per heavy atom. The van der Waals surface area contributed by atoms with Crippen molar-refractivity contribution in [1.29, 1.82) is 0 Å². The second-order valence-corrected chi connectivity index (χ2v) is 4.46. The number of nitrogens with zero attached hydrogens (tertiary/aromatic N) is 3. The predicted molar refractivity (Wildman–Crippen MR) is 64.1 cm³/mol. The molecule has 3 aromatic heterocycles. The first-order chi connectivity index (χ1) is 7.74. The summed E-state index contributed by atoms with van der Waals surface area (Å²) >= 11 is 1.43. The van der Waals surface area contributed by atoms with Crippen molar-refractivity contribution >= 4 is 27.6 Å². The summed E-state index contributed by atoms with van der Waals surface area (Å²) in [5.74, 6) is 0.778. The molecule has 3 N–H and O–H groups in total. The highest BCUT2D eigenvalue weighted by molar-refractivity contribution is 7.18. The Bertz CT molecular complexity index is 621. The standard InChI is InChI=1S/C10H9N5S/c1-5-7(16-10(11)13-5)9-14-6-3-2-4-12-8(6)15-9/h2-4H,1H3,(H2,11,13)(H,12,14,15). The number of nitrogens with two attached hydrogens (primary N) is 1. The van der Waals surface area contributed by atoms with Crippen molar-refractivity contribution in [1.82, 2.24) is 19.9 Å². The highest BCUT2D eigenvalue weighted by atomic mass is 32.1. The van der Waals surface area contributed by atoms with Crippen LogP contribution in [0, 0.1) is 6.92 Å². The van der Waals surface area contributed by atoms with E-state index in [1.165, 1.54) is 11.3 Å². The van der Waals surface area contributed by atoms with Crippen LogP contribution in [0.4, 0.5) is 5.13 Å². The first-order valence-corrected chi connectivity index (χ1v) is 5.59. The lowest BCUT2D eigenvalue weighted by atomic mass is 10.4. The second kappa shape index (κ2) is 3.28. The molecular formula is C10H9N5S. The maximum Gasteiger partial charge on any atom is 0.180 e. The molecule has 0 aliphatic carbocycles. The molecule has 3 heterocycles. The average molecular weight is 231 g/mol. The van der Waals surface area contributed by atoms with E-state index in [9.17, 15) is 0 Å². The maximum atomic E-state index is 5.66. The maximum absolute atomic E-state index is 5.66. The quantitative estimate of drug-likeness (QED) is 0.671. The van der Waals surface area contributed by atoms with Crippen molar-refractivity contribution in [3.8, 4) is 10.7 Å². The molecule has 5 nitrogen and oxygen atoms in total. The average Bonchev–Trinajstić information content (AvgIpc) is 2.81. The van der Waals surface area contributed by atoms with Gasteiger partial charge in [0, 0.05) is 6.20 Å². The Labute approximate surface area is 95.4 Å². The minimum atomic E-state index is 0.556. The van der Waals surface area contributed by atoms with Gasteiger partial charge in [0.1, 0.15) is 0 Å². The summed E-state index contributed by atoms with van der Waals surface area (Å²) in [6.45, 7) is 1.92. The van der Waals surface area contributed by atoms with Gasteiger partial charge in [0.05, 0.1) is 16.1 Å². The van der Waals surface area contributed by atoms with Gasteiger partial charge in [-0.15, -0.1) is 0 Å². The molecule has 80 valence electrons. The molecule has 0 atom stereocenters. The Balaban J connectivity index is 2.22. The van der Waals surface area contributed by atoms with Crippen molar-refractivity contribution in [3.63, 3.8) is 0 Å². The number of nitrogen functional groups attached to an aromatic ring is 1. The molecule has 16 heavy (non-hydrogen) atoms. The van der Waals surface area contributed by atoms with Crippen LogP contribution < -0.4 is 5.73 Å². The Morgan fingerprint density at radius 1 is 1.38 bits per heavy atom. The van der Waals surface area contributed by atoms with Gasteiger partial charge in [-0.25, -0.2) is 15.0 Å². The summed E-state index contributed by atoms with van der Waals surface area (Å²) in [6.07, 6.45) is 1.72. The highest BCUT2D eigenvalue weighted by Gasteiger charge is 2.12. The molecule has 3 rings (SSSR count). The summed E-state index contributed by atoms with van der Waals surface area (Å²) in [5, 5.41) is 0.556. The SMILES string of the molecule is Cc1nc(N)sc1-c1nc2ncccc2[nH]1. The summed E-state index contributed by atoms with van der Waals surface area (Å²) < 4.78 is 0. The Hall–Kier alpha value is -1.95. The molecule has 0 fully saturated rings. The molecule has 6 heteroatoms. The van der Waals surface area contributed by atoms with E-state index in [4.69, 9.17) is 5.73 Å². The summed E-state index contributed by atoms with van der Waals surface area (Å²) in [4.78, 5) is 16.9. The third kappa shape index (κ3) is 1.35. The van der Waals surface area contributed by atoms with Gasteiger partial charge < -0.3 is 10.7 Å². The lowest BCUT2D eigenvalue weighted by molar-refractivity contribution is 1.24. The minimum Gasteiger partial charge on any atom is -0.375 e. The molecule has 0 aliphatic rings. The van der Waals surface area contributed by atoms with Crippen LogP contribution in [0.3, 0.4) is 0 Å². The number of nitrogens with one attached hydrogen (secondary N) is 1. The van der Waals surface area contributed by atoms with E-state index in [2.05, 4.69) is 19.9 Å². The van der Waals surface area contributed by atoms with Crippen molar-refractivity contribution in [2.75, 3.05) is 5.73 Å². The molecule has 0 bridgehead atoms. The number of aryl methyl sites for hydroxylation is 1. The zero-order valence-electron chi connectivity index (χ0n) is 8.56. The molecule has 0 saturated heterocycles. The molecule has 0 saturated carbocycles. The second-order valence-electron chi connectivity index (χ2n) is 3.43. The molecular weight excluding hydrogens is 222 g/mol. The first kappa shape index (κ1) is 9.29. The minimum absolute atomic E-state index is 0.556. The molecule has 3 aromatic rings. The number of fused-ring (bicyclic) bond motifs is 1. The van der Waals surface area contributed by atoms with Crippen LogP contribution >= 0.6 is 11.3 Å². The van der Waals surface area contributed by atoms with Gasteiger partial charge in [0.25, 0.3) is 0 Å². The van der Waals surface area contributed by atoms with Gasteiger partial charge >= 0.3 is 0 Å². The molecule has 0 aliphatic heterocycles. The van der Waals surface area contributed by atoms with Gasteiger partial charge in [0.15, 0.2) is 16.6 Å². The van der Waals surface area contributed by atoms with Crippen molar-refractivity contribution in [2.45, 2.75) is 6.92 Å². The van der Waals surface area contributed by atoms with E-state index in [0.29, 0.717) is 10.8 Å². The fourth-order valence-electron chi connectivity index (χ4n) is 1.59. The van der Waals surface area contributed by atoms with Crippen molar-refractivity contribution in [2.24, 2.45) is 0 Å². The Kier molecular flexibility index (Phi) is 1.90. The number of hydrogen-bond acceptors (Lipinski definition) is 5. The van der Waals surface area contributed by atoms with Gasteiger partial charge in [-0.2, -0.15) is 0 Å². The van der Waals surface area contributed by atoms with Crippen LogP contribution in [0.1, 0.15) is 5.69 Å². The van der Waals surface area contributed by atoms with E-state index in [1.807, 2.05) is 19.1 Å². The number of anilines is 1. The van der Waals surface area contributed by atoms with Crippen LogP contribution in [0.15, 0.2) is 18.3 Å². The topological polar surface area (TPSA) is 80.5 Å². The smallest absolute Gasteiger partial charge is 0.180 e. The van der Waals surface area contributed by atoms with Gasteiger partial charge in [-0.1, -0.05) is 11.3 Å². The number of pyridine rings is 1. The molecule has 0 spiro atoms. The summed E-state index contributed by atoms with van der Waals surface area (Å²) in [5.41, 5.74) is 8.18. The van der Waals surface area contributed by atoms with E-state index in [-0.39, 0.29) is 0 Å². The lowest BCUT2D eigenvalue weighted by Gasteiger charge is -1.89. The molecule has 0 unspecified atom stereocenters. The van der Waals surface area contributed by atoms with E-state index < -0.39 is 0 Å². The van der Waals surface area contributed by atoms with Crippen LogP contribution in [-0.2, 0) is 0 Å². The van der Waals surface area contributed by atoms with E-state index >= 15 is 0 Å². The fraction of sp³-hybridized carbons (Fsp3) is 0.100. The molecule has 0 amide bonds. The molecule has 0 radical (unpaired) electrons. The van der Waals surface area contributed by atoms with E-state index in [1.54, 1.807) is 6.20 Å². The first-order valence-electron chi connectivity index (χ1n) is 4.78. The summed E-state index contributed by atoms with van der Waals surface area (Å²) in [6, 6.07) is 3.82. The number of hydrogen-bond donors (Lipinski definition) is 2. The normalized spacial score (nSPS) is 11.1. The number of rotatable bonds is 1. The number of aromatic nitrogens is 4. The largest absolute Gasteiger partial charge is 0.375 e. The van der Waals surface area contributed by atoms with Gasteiger partial charge in [-0.3, -0.25) is 0 Å². The number of aromatic amines is 1. The monoisotopic (exact) mass is 231 g/mol. The number of imidazole rings is 1. The predicted octanol–water partition coefficient (Wildman–Crippen LogP) is 1.97. The molecule has 0 aromatic carbocycles. The van der Waals surface area contributed by atoms with Crippen LogP contribution in [0.25, 0.3) is 21.9 Å². The third-order valence-electron chi connectivity index (χ3n) is 2.29. The van der Waals surface area contributed by atoms with Crippen LogP contribution in [0.2, 0.25) is 0 Å². The Morgan fingerprint density at radius 3 is 2.94 bits per heavy atom. The number of thiazole rings is 1. The van der Waals surface area contributed by atoms with Gasteiger partial charge in [0.2, 0.25) is 0 Å².